The van der Waals surface area contributed by atoms with Gasteiger partial charge in [0, 0.05) is 30.5 Å². The molecule has 1 heterocycles. The fourth-order valence-corrected chi connectivity index (χ4v) is 2.72. The molecule has 5 nitrogen and oxygen atoms in total. The van der Waals surface area contributed by atoms with Crippen LogP contribution < -0.4 is 15.5 Å². The lowest BCUT2D eigenvalue weighted by Gasteiger charge is -2.36. The average Bonchev–Trinajstić information content (AvgIpc) is 3.22. The molecule has 114 valence electrons. The summed E-state index contributed by atoms with van der Waals surface area (Å²) in [6.07, 6.45) is 2.69. The van der Waals surface area contributed by atoms with Gasteiger partial charge in [-0.25, -0.2) is 4.79 Å². The highest BCUT2D eigenvalue weighted by atomic mass is 16.5. The first kappa shape index (κ1) is 14.2. The number of amides is 2. The van der Waals surface area contributed by atoms with E-state index < -0.39 is 0 Å². The van der Waals surface area contributed by atoms with Gasteiger partial charge in [0.15, 0.2) is 0 Å². The zero-order valence-corrected chi connectivity index (χ0v) is 12.6. The topological polar surface area (TPSA) is 53.6 Å². The van der Waals surface area contributed by atoms with Gasteiger partial charge in [0.1, 0.15) is 0 Å². The maximum absolute atomic E-state index is 11.7. The molecule has 0 radical (unpaired) electrons. The maximum atomic E-state index is 11.7. The Labute approximate surface area is 125 Å². The van der Waals surface area contributed by atoms with Gasteiger partial charge >= 0.3 is 6.03 Å². The summed E-state index contributed by atoms with van der Waals surface area (Å²) in [5, 5.41) is 5.78. The Kier molecular flexibility index (Phi) is 4.01. The van der Waals surface area contributed by atoms with E-state index in [1.807, 2.05) is 12.1 Å². The number of ether oxygens (including phenoxy) is 1. The number of nitrogens with one attached hydrogen (secondary N) is 2. The van der Waals surface area contributed by atoms with Gasteiger partial charge in [-0.05, 0) is 51.0 Å². The van der Waals surface area contributed by atoms with Gasteiger partial charge in [-0.15, -0.1) is 0 Å². The van der Waals surface area contributed by atoms with E-state index in [4.69, 9.17) is 4.74 Å². The fourth-order valence-electron chi connectivity index (χ4n) is 2.72. The smallest absolute Gasteiger partial charge is 0.319 e. The van der Waals surface area contributed by atoms with Crippen LogP contribution in [-0.2, 0) is 4.74 Å². The van der Waals surface area contributed by atoms with Crippen molar-refractivity contribution in [3.05, 3.63) is 24.3 Å². The molecular weight excluding hydrogens is 266 g/mol. The third-order valence-electron chi connectivity index (χ3n) is 3.82. The van der Waals surface area contributed by atoms with Gasteiger partial charge < -0.3 is 20.3 Å². The first-order chi connectivity index (χ1) is 10.1. The largest absolute Gasteiger partial charge is 0.372 e. The SMILES string of the molecule is C[C@@H]1CN(c2ccc(NC(=O)NC3CC3)cc2)C[C@@H](C)O1. The Hall–Kier alpha value is -1.75. The van der Waals surface area contributed by atoms with Crippen molar-refractivity contribution in [1.29, 1.82) is 0 Å². The molecule has 1 aromatic carbocycles. The second kappa shape index (κ2) is 5.93. The number of urea groups is 1. The molecular formula is C16H23N3O2. The number of benzene rings is 1. The monoisotopic (exact) mass is 289 g/mol. The number of hydrogen-bond acceptors (Lipinski definition) is 3. The molecule has 1 saturated heterocycles. The Morgan fingerprint density at radius 1 is 1.14 bits per heavy atom. The van der Waals surface area contributed by atoms with E-state index in [1.54, 1.807) is 0 Å². The lowest BCUT2D eigenvalue weighted by molar-refractivity contribution is -0.00521. The lowest BCUT2D eigenvalue weighted by Crippen LogP contribution is -2.45. The standard InChI is InChI=1S/C16H23N3O2/c1-11-9-19(10-12(2)21-11)15-7-5-14(6-8-15)18-16(20)17-13-3-4-13/h5-8,11-13H,3-4,9-10H2,1-2H3,(H2,17,18,20)/t11-,12-/m1/s1. The molecule has 0 unspecified atom stereocenters. The van der Waals surface area contributed by atoms with E-state index in [1.165, 1.54) is 5.69 Å². The zero-order chi connectivity index (χ0) is 14.8. The Morgan fingerprint density at radius 2 is 1.76 bits per heavy atom. The van der Waals surface area contributed by atoms with Crippen molar-refractivity contribution in [2.45, 2.75) is 44.9 Å². The van der Waals surface area contributed by atoms with E-state index in [9.17, 15) is 4.79 Å². The molecule has 0 spiro atoms. The van der Waals surface area contributed by atoms with Gasteiger partial charge in [0.2, 0.25) is 0 Å². The molecule has 2 aliphatic rings. The van der Waals surface area contributed by atoms with E-state index in [0.717, 1.165) is 31.6 Å². The van der Waals surface area contributed by atoms with Crippen LogP contribution in [-0.4, -0.2) is 37.4 Å². The average molecular weight is 289 g/mol. The molecule has 0 bridgehead atoms. The summed E-state index contributed by atoms with van der Waals surface area (Å²) in [6.45, 7) is 6.00. The quantitative estimate of drug-likeness (QED) is 0.899. The second-order valence-electron chi connectivity index (χ2n) is 6.08. The first-order valence-corrected chi connectivity index (χ1v) is 7.68. The van der Waals surface area contributed by atoms with Crippen molar-refractivity contribution in [1.82, 2.24) is 5.32 Å². The Morgan fingerprint density at radius 3 is 2.33 bits per heavy atom. The molecule has 2 N–H and O–H groups in total. The van der Waals surface area contributed by atoms with Crippen molar-refractivity contribution in [3.8, 4) is 0 Å². The highest BCUT2D eigenvalue weighted by Crippen LogP contribution is 2.23. The summed E-state index contributed by atoms with van der Waals surface area (Å²) >= 11 is 0. The highest BCUT2D eigenvalue weighted by molar-refractivity contribution is 5.89. The number of nitrogens with zero attached hydrogens (tertiary/aromatic N) is 1. The van der Waals surface area contributed by atoms with E-state index in [2.05, 4.69) is 41.5 Å². The molecule has 0 aromatic heterocycles. The van der Waals surface area contributed by atoms with Crippen LogP contribution >= 0.6 is 0 Å². The molecule has 1 aromatic rings. The molecule has 2 amide bonds. The predicted octanol–water partition coefficient (Wildman–Crippen LogP) is 2.58. The number of anilines is 2. The van der Waals surface area contributed by atoms with Crippen LogP contribution in [0.4, 0.5) is 16.2 Å². The Balaban J connectivity index is 1.59. The summed E-state index contributed by atoms with van der Waals surface area (Å²) in [7, 11) is 0. The van der Waals surface area contributed by atoms with Gasteiger partial charge in [0.05, 0.1) is 12.2 Å². The minimum Gasteiger partial charge on any atom is -0.372 e. The molecule has 1 aliphatic heterocycles. The first-order valence-electron chi connectivity index (χ1n) is 7.68. The van der Waals surface area contributed by atoms with E-state index in [-0.39, 0.29) is 18.2 Å². The zero-order valence-electron chi connectivity index (χ0n) is 12.6. The minimum absolute atomic E-state index is 0.112. The van der Waals surface area contributed by atoms with E-state index >= 15 is 0 Å². The number of carbonyl (C=O) groups is 1. The lowest BCUT2D eigenvalue weighted by atomic mass is 10.2. The van der Waals surface area contributed by atoms with Crippen molar-refractivity contribution in [2.24, 2.45) is 0 Å². The van der Waals surface area contributed by atoms with Gasteiger partial charge in [-0.1, -0.05) is 0 Å². The van der Waals surface area contributed by atoms with Gasteiger partial charge in [-0.3, -0.25) is 0 Å². The van der Waals surface area contributed by atoms with Crippen LogP contribution in [0.5, 0.6) is 0 Å². The number of carbonyl (C=O) groups excluding carboxylic acids is 1. The van der Waals surface area contributed by atoms with Crippen LogP contribution in [0.15, 0.2) is 24.3 Å². The molecule has 2 fully saturated rings. The summed E-state index contributed by atoms with van der Waals surface area (Å²) in [4.78, 5) is 14.0. The maximum Gasteiger partial charge on any atom is 0.319 e. The summed E-state index contributed by atoms with van der Waals surface area (Å²) in [6, 6.07) is 8.27. The molecule has 2 atom stereocenters. The van der Waals surface area contributed by atoms with Crippen LogP contribution in [0, 0.1) is 0 Å². The highest BCUT2D eigenvalue weighted by Gasteiger charge is 2.24. The number of hydrogen-bond donors (Lipinski definition) is 2. The van der Waals surface area contributed by atoms with Crippen LogP contribution in [0.3, 0.4) is 0 Å². The summed E-state index contributed by atoms with van der Waals surface area (Å²) < 4.78 is 5.75. The third kappa shape index (κ3) is 3.88. The molecule has 1 saturated carbocycles. The number of morpholine rings is 1. The summed E-state index contributed by atoms with van der Waals surface area (Å²) in [5.74, 6) is 0. The van der Waals surface area contributed by atoms with Gasteiger partial charge in [-0.2, -0.15) is 0 Å². The summed E-state index contributed by atoms with van der Waals surface area (Å²) in [5.41, 5.74) is 2.00. The van der Waals surface area contributed by atoms with Gasteiger partial charge in [0.25, 0.3) is 0 Å². The molecule has 21 heavy (non-hydrogen) atoms. The normalized spacial score (nSPS) is 25.5. The molecule has 5 heteroatoms. The van der Waals surface area contributed by atoms with Crippen molar-refractivity contribution in [3.63, 3.8) is 0 Å². The van der Waals surface area contributed by atoms with Crippen LogP contribution in [0.2, 0.25) is 0 Å². The molecule has 3 rings (SSSR count). The van der Waals surface area contributed by atoms with Crippen molar-refractivity contribution >= 4 is 17.4 Å². The number of rotatable bonds is 3. The van der Waals surface area contributed by atoms with Crippen molar-refractivity contribution in [2.75, 3.05) is 23.3 Å². The van der Waals surface area contributed by atoms with Crippen LogP contribution in [0.1, 0.15) is 26.7 Å². The minimum atomic E-state index is -0.112. The molecule has 1 aliphatic carbocycles. The van der Waals surface area contributed by atoms with Crippen molar-refractivity contribution < 1.29 is 9.53 Å². The fraction of sp³-hybridized carbons (Fsp3) is 0.562. The van der Waals surface area contributed by atoms with Crippen LogP contribution in [0.25, 0.3) is 0 Å². The van der Waals surface area contributed by atoms with E-state index in [0.29, 0.717) is 6.04 Å². The Bertz CT molecular complexity index is 489. The predicted molar refractivity (Wildman–Crippen MR) is 83.8 cm³/mol. The second-order valence-corrected chi connectivity index (χ2v) is 6.08. The third-order valence-corrected chi connectivity index (χ3v) is 3.82.